The lowest BCUT2D eigenvalue weighted by Crippen LogP contribution is -2.44. The van der Waals surface area contributed by atoms with Crippen molar-refractivity contribution in [2.45, 2.75) is 50.9 Å². The number of ether oxygens (including phenoxy) is 1. The Morgan fingerprint density at radius 2 is 1.73 bits per heavy atom. The third-order valence-corrected chi connectivity index (χ3v) is 9.72. The molecule has 0 amide bonds. The van der Waals surface area contributed by atoms with Gasteiger partial charge in [-0.1, -0.05) is 41.9 Å². The highest BCUT2D eigenvalue weighted by molar-refractivity contribution is 6.30. The van der Waals surface area contributed by atoms with E-state index in [1.54, 1.807) is 18.2 Å². The normalized spacial score (nSPS) is 18.7. The topological polar surface area (TPSA) is 102 Å². The van der Waals surface area contributed by atoms with E-state index in [1.165, 1.54) is 15.2 Å². The van der Waals surface area contributed by atoms with Gasteiger partial charge in [0.1, 0.15) is 11.6 Å². The monoisotopic (exact) mass is 669 g/mol. The molecule has 1 aliphatic carbocycles. The predicted molar refractivity (Wildman–Crippen MR) is 184 cm³/mol. The first-order valence-electron chi connectivity index (χ1n) is 16.4. The van der Waals surface area contributed by atoms with Crippen LogP contribution in [0.15, 0.2) is 88.6 Å². The third kappa shape index (κ3) is 6.79. The molecule has 248 valence electrons. The number of nitrogens with one attached hydrogen (secondary N) is 1. The number of hydrogen-bond donors (Lipinski definition) is 2. The first-order chi connectivity index (χ1) is 23.3. The standard InChI is InChI=1S/C37H37ClFN5O4/c38-27-6-4-24(5-7-27)21-40-29-8-10-30(11-9-29)44-36(46)34-20-28(39)22-41-35(34)43(37(44)47)31-3-1-2-25(18-31)33-13-12-32(45)19-26(33)23-42-14-16-48-17-15-42/h1-7,12-13,18-20,22,29-30,40,45H,8-11,14-17,21,23H2. The van der Waals surface area contributed by atoms with Crippen molar-refractivity contribution < 1.29 is 14.2 Å². The summed E-state index contributed by atoms with van der Waals surface area (Å²) in [5.74, 6) is -0.467. The maximum absolute atomic E-state index is 14.5. The van der Waals surface area contributed by atoms with Crippen molar-refractivity contribution in [1.82, 2.24) is 24.3 Å². The quantitative estimate of drug-likeness (QED) is 0.215. The van der Waals surface area contributed by atoms with E-state index in [0.717, 1.165) is 54.4 Å². The number of phenolic OH excluding ortho intramolecular Hbond substituents is 1. The summed E-state index contributed by atoms with van der Waals surface area (Å²) >= 11 is 6.02. The summed E-state index contributed by atoms with van der Waals surface area (Å²) in [6.45, 7) is 4.23. The minimum atomic E-state index is -0.642. The zero-order chi connectivity index (χ0) is 33.2. The highest BCUT2D eigenvalue weighted by Crippen LogP contribution is 2.31. The minimum Gasteiger partial charge on any atom is -0.508 e. The molecule has 0 bridgehead atoms. The fourth-order valence-corrected chi connectivity index (χ4v) is 7.07. The lowest BCUT2D eigenvalue weighted by atomic mass is 9.90. The van der Waals surface area contributed by atoms with Crippen molar-refractivity contribution in [3.05, 3.63) is 122 Å². The summed E-state index contributed by atoms with van der Waals surface area (Å²) in [5, 5.41) is 14.7. The molecule has 2 aromatic heterocycles. The van der Waals surface area contributed by atoms with Gasteiger partial charge in [-0.15, -0.1) is 0 Å². The molecule has 9 nitrogen and oxygen atoms in total. The molecule has 5 aromatic rings. The summed E-state index contributed by atoms with van der Waals surface area (Å²) in [6.07, 6.45) is 3.85. The van der Waals surface area contributed by atoms with Gasteiger partial charge in [0.25, 0.3) is 5.56 Å². The lowest BCUT2D eigenvalue weighted by Gasteiger charge is -2.30. The lowest BCUT2D eigenvalue weighted by molar-refractivity contribution is 0.0342. The van der Waals surface area contributed by atoms with E-state index in [2.05, 4.69) is 15.2 Å². The number of hydrogen-bond acceptors (Lipinski definition) is 7. The number of fused-ring (bicyclic) bond motifs is 1. The van der Waals surface area contributed by atoms with Gasteiger partial charge in [-0.2, -0.15) is 0 Å². The number of rotatable bonds is 8. The molecule has 3 heterocycles. The van der Waals surface area contributed by atoms with Gasteiger partial charge < -0.3 is 15.2 Å². The van der Waals surface area contributed by atoms with Crippen LogP contribution in [0, 0.1) is 5.82 Å². The molecule has 2 N–H and O–H groups in total. The van der Waals surface area contributed by atoms with Crippen molar-refractivity contribution in [2.75, 3.05) is 26.3 Å². The van der Waals surface area contributed by atoms with E-state index in [-0.39, 0.29) is 28.9 Å². The van der Waals surface area contributed by atoms with Crippen molar-refractivity contribution in [3.8, 4) is 22.6 Å². The number of aromatic hydroxyl groups is 1. The largest absolute Gasteiger partial charge is 0.508 e. The minimum absolute atomic E-state index is 0.0561. The Morgan fingerprint density at radius 3 is 2.50 bits per heavy atom. The van der Waals surface area contributed by atoms with Crippen molar-refractivity contribution in [3.63, 3.8) is 0 Å². The second-order valence-electron chi connectivity index (χ2n) is 12.6. The highest BCUT2D eigenvalue weighted by Gasteiger charge is 2.27. The predicted octanol–water partition coefficient (Wildman–Crippen LogP) is 5.82. The zero-order valence-corrected chi connectivity index (χ0v) is 27.2. The Balaban J connectivity index is 1.22. The summed E-state index contributed by atoms with van der Waals surface area (Å²) < 4.78 is 22.8. The molecule has 2 aliphatic rings. The molecule has 1 aliphatic heterocycles. The van der Waals surface area contributed by atoms with Crippen LogP contribution in [0.25, 0.3) is 27.8 Å². The van der Waals surface area contributed by atoms with Crippen LogP contribution in [0.4, 0.5) is 4.39 Å². The summed E-state index contributed by atoms with van der Waals surface area (Å²) in [5.41, 5.74) is 3.42. The molecule has 7 rings (SSSR count). The number of nitrogens with zero attached hydrogens (tertiary/aromatic N) is 4. The van der Waals surface area contributed by atoms with Crippen molar-refractivity contribution >= 4 is 22.6 Å². The number of morpholine rings is 1. The average Bonchev–Trinajstić information content (AvgIpc) is 3.10. The molecule has 1 saturated carbocycles. The van der Waals surface area contributed by atoms with Gasteiger partial charge >= 0.3 is 5.69 Å². The molecule has 0 spiro atoms. The number of phenols is 1. The molecule has 1 saturated heterocycles. The maximum atomic E-state index is 14.5. The van der Waals surface area contributed by atoms with Crippen LogP contribution in [-0.4, -0.2) is 56.5 Å². The van der Waals surface area contributed by atoms with Crippen molar-refractivity contribution in [2.24, 2.45) is 0 Å². The van der Waals surface area contributed by atoms with Crippen LogP contribution in [0.5, 0.6) is 5.75 Å². The molecule has 0 atom stereocenters. The zero-order valence-electron chi connectivity index (χ0n) is 26.4. The Kier molecular flexibility index (Phi) is 9.41. The third-order valence-electron chi connectivity index (χ3n) is 9.46. The van der Waals surface area contributed by atoms with E-state index in [1.807, 2.05) is 48.5 Å². The van der Waals surface area contributed by atoms with Crippen LogP contribution in [-0.2, 0) is 17.8 Å². The van der Waals surface area contributed by atoms with Gasteiger partial charge in [-0.3, -0.25) is 14.3 Å². The fourth-order valence-electron chi connectivity index (χ4n) is 6.95. The number of pyridine rings is 1. The van der Waals surface area contributed by atoms with Gasteiger partial charge in [0.15, 0.2) is 5.65 Å². The van der Waals surface area contributed by atoms with Gasteiger partial charge in [-0.05, 0) is 90.4 Å². The first kappa shape index (κ1) is 32.2. The van der Waals surface area contributed by atoms with Gasteiger partial charge in [0, 0.05) is 43.3 Å². The van der Waals surface area contributed by atoms with E-state index in [4.69, 9.17) is 16.3 Å². The fraction of sp³-hybridized carbons (Fsp3) is 0.324. The van der Waals surface area contributed by atoms with E-state index in [9.17, 15) is 19.1 Å². The van der Waals surface area contributed by atoms with Gasteiger partial charge in [0.05, 0.1) is 30.5 Å². The van der Waals surface area contributed by atoms with Crippen LogP contribution < -0.4 is 16.6 Å². The van der Waals surface area contributed by atoms with Crippen LogP contribution >= 0.6 is 11.6 Å². The molecule has 3 aromatic carbocycles. The molecule has 11 heteroatoms. The Bertz CT molecular complexity index is 2050. The Labute approximate surface area is 282 Å². The number of halogens is 2. The van der Waals surface area contributed by atoms with Gasteiger partial charge in [-0.25, -0.2) is 18.7 Å². The SMILES string of the molecule is O=c1c2cc(F)cnc2n(-c2cccc(-c3ccc(O)cc3CN3CCOCC3)c2)c(=O)n1C1CCC(NCc2ccc(Cl)cc2)CC1. The van der Waals surface area contributed by atoms with E-state index < -0.39 is 17.1 Å². The summed E-state index contributed by atoms with van der Waals surface area (Å²) in [7, 11) is 0. The number of benzene rings is 3. The van der Waals surface area contributed by atoms with Gasteiger partial charge in [0.2, 0.25) is 0 Å². The Morgan fingerprint density at radius 1 is 0.958 bits per heavy atom. The van der Waals surface area contributed by atoms with Crippen molar-refractivity contribution in [1.29, 1.82) is 0 Å². The molecule has 0 unspecified atom stereocenters. The number of aromatic nitrogens is 3. The van der Waals surface area contributed by atoms with Crippen LogP contribution in [0.3, 0.4) is 0 Å². The smallest absolute Gasteiger partial charge is 0.337 e. The Hall–Kier alpha value is -4.35. The molecular weight excluding hydrogens is 633 g/mol. The first-order valence-corrected chi connectivity index (χ1v) is 16.8. The van der Waals surface area contributed by atoms with Crippen LogP contribution in [0.2, 0.25) is 5.02 Å². The molecule has 0 radical (unpaired) electrons. The average molecular weight is 670 g/mol. The molecule has 2 fully saturated rings. The molecule has 48 heavy (non-hydrogen) atoms. The highest BCUT2D eigenvalue weighted by atomic mass is 35.5. The maximum Gasteiger partial charge on any atom is 0.337 e. The second kappa shape index (κ2) is 14.0. The summed E-state index contributed by atoms with van der Waals surface area (Å²) in [4.78, 5) is 34.7. The summed E-state index contributed by atoms with van der Waals surface area (Å²) in [6, 6.07) is 21.6. The second-order valence-corrected chi connectivity index (χ2v) is 13.0. The van der Waals surface area contributed by atoms with Crippen LogP contribution in [0.1, 0.15) is 42.9 Å². The molecular formula is C37H37ClFN5O4. The van der Waals surface area contributed by atoms with E-state index >= 15 is 0 Å². The van der Waals surface area contributed by atoms with E-state index in [0.29, 0.717) is 49.9 Å².